The van der Waals surface area contributed by atoms with Crippen molar-refractivity contribution in [3.05, 3.63) is 0 Å². The van der Waals surface area contributed by atoms with Crippen LogP contribution >= 0.6 is 0 Å². The molecule has 0 aromatic carbocycles. The van der Waals surface area contributed by atoms with Crippen LogP contribution in [-0.2, 0) is 18.9 Å². The van der Waals surface area contributed by atoms with Gasteiger partial charge in [0.15, 0.2) is 12.6 Å². The van der Waals surface area contributed by atoms with Gasteiger partial charge < -0.3 is 23.8 Å². The van der Waals surface area contributed by atoms with Crippen molar-refractivity contribution >= 4 is 0 Å². The monoisotopic (exact) mass is 263 g/mol. The molecule has 110 valence electrons. The van der Waals surface area contributed by atoms with Gasteiger partial charge in [-0.2, -0.15) is 0 Å². The van der Waals surface area contributed by atoms with Crippen LogP contribution in [0.1, 0.15) is 25.7 Å². The lowest BCUT2D eigenvalue weighted by atomic mass is 10.2. The first-order valence-corrected chi connectivity index (χ1v) is 6.47. The first-order valence-electron chi connectivity index (χ1n) is 6.47. The predicted molar refractivity (Wildman–Crippen MR) is 71.6 cm³/mol. The van der Waals surface area contributed by atoms with E-state index in [0.29, 0.717) is 0 Å². The summed E-state index contributed by atoms with van der Waals surface area (Å²) in [6, 6.07) is 0. The van der Waals surface area contributed by atoms with E-state index in [1.165, 1.54) is 0 Å². The quantitative estimate of drug-likeness (QED) is 0.501. The van der Waals surface area contributed by atoms with Crippen molar-refractivity contribution in [2.75, 3.05) is 48.6 Å². The summed E-state index contributed by atoms with van der Waals surface area (Å²) >= 11 is 0. The van der Waals surface area contributed by atoms with Crippen LogP contribution in [0, 0.1) is 0 Å². The second-order valence-corrected chi connectivity index (χ2v) is 4.39. The number of rotatable bonds is 12. The number of hydrogen-bond donors (Lipinski definition) is 0. The molecule has 0 aliphatic carbocycles. The van der Waals surface area contributed by atoms with E-state index in [2.05, 4.69) is 11.9 Å². The molecule has 0 saturated carbocycles. The lowest BCUT2D eigenvalue weighted by Gasteiger charge is -2.19. The molecule has 0 heterocycles. The zero-order valence-electron chi connectivity index (χ0n) is 12.5. The van der Waals surface area contributed by atoms with Crippen LogP contribution in [0.2, 0.25) is 0 Å². The maximum Gasteiger partial charge on any atom is 0.156 e. The maximum atomic E-state index is 5.15. The summed E-state index contributed by atoms with van der Waals surface area (Å²) in [5, 5.41) is 0. The van der Waals surface area contributed by atoms with E-state index >= 15 is 0 Å². The lowest BCUT2D eigenvalue weighted by Crippen LogP contribution is -2.24. The molecule has 0 fully saturated rings. The van der Waals surface area contributed by atoms with E-state index in [1.54, 1.807) is 28.4 Å². The Kier molecular flexibility index (Phi) is 11.7. The van der Waals surface area contributed by atoms with Crippen molar-refractivity contribution < 1.29 is 18.9 Å². The van der Waals surface area contributed by atoms with Crippen molar-refractivity contribution in [1.82, 2.24) is 4.90 Å². The van der Waals surface area contributed by atoms with Gasteiger partial charge in [-0.05, 0) is 45.8 Å². The first-order chi connectivity index (χ1) is 8.67. The van der Waals surface area contributed by atoms with Crippen molar-refractivity contribution in [3.8, 4) is 0 Å². The third-order valence-corrected chi connectivity index (χ3v) is 3.01. The molecule has 18 heavy (non-hydrogen) atoms. The van der Waals surface area contributed by atoms with Gasteiger partial charge in [0.05, 0.1) is 0 Å². The van der Waals surface area contributed by atoms with Gasteiger partial charge in [-0.25, -0.2) is 0 Å². The molecule has 5 nitrogen and oxygen atoms in total. The highest BCUT2D eigenvalue weighted by molar-refractivity contribution is 4.55. The summed E-state index contributed by atoms with van der Waals surface area (Å²) in [4.78, 5) is 2.31. The SMILES string of the molecule is COC(CCCN(C)CCCC(OC)OC)OC. The Balaban J connectivity index is 3.50. The minimum absolute atomic E-state index is 0.0789. The molecule has 0 radical (unpaired) electrons. The van der Waals surface area contributed by atoms with Crippen molar-refractivity contribution in [1.29, 1.82) is 0 Å². The standard InChI is InChI=1S/C13H29NO4/c1-14(10-6-8-12(15-2)16-3)11-7-9-13(17-4)18-5/h12-13H,6-11H2,1-5H3. The second kappa shape index (κ2) is 11.9. The topological polar surface area (TPSA) is 40.2 Å². The molecule has 0 spiro atoms. The van der Waals surface area contributed by atoms with Crippen molar-refractivity contribution in [2.24, 2.45) is 0 Å². The Morgan fingerprint density at radius 3 is 1.33 bits per heavy atom. The fourth-order valence-electron chi connectivity index (χ4n) is 1.83. The predicted octanol–water partition coefficient (Wildman–Crippen LogP) is 1.72. The molecule has 0 unspecified atom stereocenters. The average Bonchev–Trinajstić information content (AvgIpc) is 2.40. The summed E-state index contributed by atoms with van der Waals surface area (Å²) in [6.07, 6.45) is 3.84. The maximum absolute atomic E-state index is 5.15. The molecule has 0 atom stereocenters. The second-order valence-electron chi connectivity index (χ2n) is 4.39. The molecule has 0 aliphatic rings. The largest absolute Gasteiger partial charge is 0.356 e. The zero-order valence-corrected chi connectivity index (χ0v) is 12.5. The summed E-state index contributed by atoms with van der Waals surface area (Å²) in [6.45, 7) is 2.10. The van der Waals surface area contributed by atoms with E-state index in [1.807, 2.05) is 0 Å². The fraction of sp³-hybridized carbons (Fsp3) is 1.00. The van der Waals surface area contributed by atoms with Crippen LogP contribution in [0.3, 0.4) is 0 Å². The Labute approximate surface area is 111 Å². The van der Waals surface area contributed by atoms with E-state index in [4.69, 9.17) is 18.9 Å². The van der Waals surface area contributed by atoms with E-state index in [9.17, 15) is 0 Å². The molecular formula is C13H29NO4. The molecule has 0 aliphatic heterocycles. The Morgan fingerprint density at radius 1 is 0.722 bits per heavy atom. The van der Waals surface area contributed by atoms with Gasteiger partial charge in [0.2, 0.25) is 0 Å². The van der Waals surface area contributed by atoms with Crippen LogP contribution in [-0.4, -0.2) is 66.1 Å². The summed E-state index contributed by atoms with van der Waals surface area (Å²) in [7, 11) is 8.82. The van der Waals surface area contributed by atoms with Crippen LogP contribution in [0.5, 0.6) is 0 Å². The van der Waals surface area contributed by atoms with Crippen LogP contribution in [0.4, 0.5) is 0 Å². The Morgan fingerprint density at radius 2 is 1.06 bits per heavy atom. The minimum atomic E-state index is -0.0789. The molecule has 0 bridgehead atoms. The van der Waals surface area contributed by atoms with Crippen molar-refractivity contribution in [2.45, 2.75) is 38.3 Å². The van der Waals surface area contributed by atoms with Gasteiger partial charge in [0.1, 0.15) is 0 Å². The van der Waals surface area contributed by atoms with Gasteiger partial charge in [-0.3, -0.25) is 0 Å². The number of nitrogens with zero attached hydrogens (tertiary/aromatic N) is 1. The third kappa shape index (κ3) is 8.83. The highest BCUT2D eigenvalue weighted by Crippen LogP contribution is 2.05. The summed E-state index contributed by atoms with van der Waals surface area (Å²) < 4.78 is 20.6. The zero-order chi connectivity index (χ0) is 13.8. The van der Waals surface area contributed by atoms with Gasteiger partial charge in [-0.1, -0.05) is 0 Å². The van der Waals surface area contributed by atoms with Gasteiger partial charge in [-0.15, -0.1) is 0 Å². The lowest BCUT2D eigenvalue weighted by molar-refractivity contribution is -0.108. The minimum Gasteiger partial charge on any atom is -0.356 e. The van der Waals surface area contributed by atoms with Crippen LogP contribution < -0.4 is 0 Å². The molecule has 0 N–H and O–H groups in total. The van der Waals surface area contributed by atoms with Gasteiger partial charge in [0, 0.05) is 28.4 Å². The van der Waals surface area contributed by atoms with E-state index < -0.39 is 0 Å². The van der Waals surface area contributed by atoms with Crippen molar-refractivity contribution in [3.63, 3.8) is 0 Å². The fourth-order valence-corrected chi connectivity index (χ4v) is 1.83. The molecule has 0 aromatic rings. The average molecular weight is 263 g/mol. The molecule has 5 heteroatoms. The summed E-state index contributed by atoms with van der Waals surface area (Å²) in [5.74, 6) is 0. The van der Waals surface area contributed by atoms with Crippen LogP contribution in [0.15, 0.2) is 0 Å². The molecule has 0 amide bonds. The normalized spacial score (nSPS) is 12.0. The van der Waals surface area contributed by atoms with Gasteiger partial charge in [0.25, 0.3) is 0 Å². The smallest absolute Gasteiger partial charge is 0.156 e. The summed E-state index contributed by atoms with van der Waals surface area (Å²) in [5.41, 5.74) is 0. The molecule has 0 rings (SSSR count). The number of methoxy groups -OCH3 is 4. The van der Waals surface area contributed by atoms with Gasteiger partial charge >= 0.3 is 0 Å². The third-order valence-electron chi connectivity index (χ3n) is 3.01. The number of hydrogen-bond acceptors (Lipinski definition) is 5. The highest BCUT2D eigenvalue weighted by atomic mass is 16.7. The van der Waals surface area contributed by atoms with E-state index in [-0.39, 0.29) is 12.6 Å². The van der Waals surface area contributed by atoms with Crippen LogP contribution in [0.25, 0.3) is 0 Å². The number of ether oxygens (including phenoxy) is 4. The van der Waals surface area contributed by atoms with E-state index in [0.717, 1.165) is 38.8 Å². The first kappa shape index (κ1) is 17.8. The molecule has 0 saturated heterocycles. The Hall–Kier alpha value is -0.200. The molecular weight excluding hydrogens is 234 g/mol. The highest BCUT2D eigenvalue weighted by Gasteiger charge is 2.07. The molecule has 0 aromatic heterocycles. The Bertz CT molecular complexity index is 154.